The largest absolute Gasteiger partial charge is 0.457 e. The predicted molar refractivity (Wildman–Crippen MR) is 272 cm³/mol. The molecule has 1 aliphatic rings. The van der Waals surface area contributed by atoms with Crippen molar-refractivity contribution in [1.82, 2.24) is 9.55 Å². The first-order valence-corrected chi connectivity index (χ1v) is 22.9. The number of hydrogen-bond acceptors (Lipinski definition) is 5. The highest BCUT2D eigenvalue weighted by Gasteiger charge is 2.33. The zero-order valence-electron chi connectivity index (χ0n) is 40.1. The van der Waals surface area contributed by atoms with Gasteiger partial charge in [-0.25, -0.2) is 4.98 Å². The van der Waals surface area contributed by atoms with Crippen molar-refractivity contribution in [2.24, 2.45) is 0 Å². The summed E-state index contributed by atoms with van der Waals surface area (Å²) >= 11 is 0. The highest BCUT2D eigenvalue weighted by atomic mass is 16.5. The Morgan fingerprint density at radius 1 is 0.523 bits per heavy atom. The van der Waals surface area contributed by atoms with Gasteiger partial charge in [0.15, 0.2) is 0 Å². The van der Waals surface area contributed by atoms with Crippen molar-refractivity contribution in [2.45, 2.75) is 105 Å². The third-order valence-electron chi connectivity index (χ3n) is 13.0. The Bertz CT molecular complexity index is 3120. The minimum Gasteiger partial charge on any atom is -0.457 e. The number of aromatic nitrogens is 2. The Kier molecular flexibility index (Phi) is 10.5. The summed E-state index contributed by atoms with van der Waals surface area (Å²) in [4.78, 5) is 9.80. The van der Waals surface area contributed by atoms with E-state index in [0.29, 0.717) is 18.0 Å². The number of pyridine rings is 1. The van der Waals surface area contributed by atoms with Crippen LogP contribution in [0, 0.1) is 11.3 Å². The van der Waals surface area contributed by atoms with E-state index in [1.54, 1.807) is 0 Å². The van der Waals surface area contributed by atoms with Crippen LogP contribution in [0.25, 0.3) is 38.8 Å². The number of hydrogen-bond donors (Lipinski definition) is 0. The van der Waals surface area contributed by atoms with Gasteiger partial charge in [0.2, 0.25) is 0 Å². The molecule has 65 heavy (non-hydrogen) atoms. The first kappa shape index (κ1) is 43.4. The molecule has 6 heteroatoms. The molecule has 0 spiro atoms. The minimum absolute atomic E-state index is 0.0316. The Labute approximate surface area is 385 Å². The van der Waals surface area contributed by atoms with Gasteiger partial charge in [0.1, 0.15) is 24.0 Å². The van der Waals surface area contributed by atoms with Crippen LogP contribution >= 0.6 is 0 Å². The second-order valence-electron chi connectivity index (χ2n) is 21.9. The Morgan fingerprint density at radius 3 is 1.85 bits per heavy atom. The van der Waals surface area contributed by atoms with E-state index >= 15 is 0 Å². The van der Waals surface area contributed by atoms with Crippen LogP contribution in [0.3, 0.4) is 0 Å². The van der Waals surface area contributed by atoms with Gasteiger partial charge >= 0.3 is 0 Å². The second kappa shape index (κ2) is 15.7. The molecule has 0 saturated heterocycles. The van der Waals surface area contributed by atoms with Crippen molar-refractivity contribution in [2.75, 3.05) is 16.5 Å². The van der Waals surface area contributed by atoms with Crippen molar-refractivity contribution >= 4 is 44.6 Å². The summed E-state index contributed by atoms with van der Waals surface area (Å²) in [5.41, 5.74) is 14.6. The van der Waals surface area contributed by atoms with Crippen LogP contribution in [0.5, 0.6) is 11.5 Å². The fourth-order valence-electron chi connectivity index (χ4n) is 9.01. The minimum atomic E-state index is -0.0539. The summed E-state index contributed by atoms with van der Waals surface area (Å²) in [6.07, 6.45) is 1.89. The topological polar surface area (TPSA) is 57.3 Å². The molecule has 0 atom stereocenters. The third-order valence-corrected chi connectivity index (χ3v) is 13.0. The highest BCUT2D eigenvalue weighted by molar-refractivity contribution is 6.10. The van der Waals surface area contributed by atoms with Gasteiger partial charge in [0.05, 0.1) is 34.0 Å². The number of anilines is 4. The highest BCUT2D eigenvalue weighted by Crippen LogP contribution is 2.51. The zero-order valence-corrected chi connectivity index (χ0v) is 40.1. The van der Waals surface area contributed by atoms with E-state index in [1.165, 1.54) is 44.8 Å². The lowest BCUT2D eigenvalue weighted by atomic mass is 9.80. The van der Waals surface area contributed by atoms with Gasteiger partial charge in [0.25, 0.3) is 0 Å². The van der Waals surface area contributed by atoms with Crippen molar-refractivity contribution < 1.29 is 4.74 Å². The summed E-state index contributed by atoms with van der Waals surface area (Å²) in [7, 11) is 0. The van der Waals surface area contributed by atoms with E-state index in [4.69, 9.17) is 9.72 Å². The van der Waals surface area contributed by atoms with Crippen LogP contribution in [0.2, 0.25) is 0 Å². The van der Waals surface area contributed by atoms with Gasteiger partial charge in [-0.1, -0.05) is 132 Å². The maximum Gasteiger partial charge on any atom is 0.137 e. The molecule has 0 radical (unpaired) electrons. The van der Waals surface area contributed by atoms with Crippen LogP contribution in [-0.2, 0) is 21.7 Å². The summed E-state index contributed by atoms with van der Waals surface area (Å²) in [5.74, 6) is 2.28. The van der Waals surface area contributed by atoms with Crippen LogP contribution in [0.4, 0.5) is 22.7 Å². The Hall–Kier alpha value is -6.84. The molecule has 328 valence electrons. The summed E-state index contributed by atoms with van der Waals surface area (Å²) in [6, 6.07) is 50.2. The number of nitriles is 1. The molecule has 9 rings (SSSR count). The summed E-state index contributed by atoms with van der Waals surface area (Å²) in [5, 5.41) is 11.9. The molecular formula is C59H61N5O. The average Bonchev–Trinajstić information content (AvgIpc) is 3.81. The van der Waals surface area contributed by atoms with Gasteiger partial charge in [0, 0.05) is 46.0 Å². The Morgan fingerprint density at radius 2 is 1.18 bits per heavy atom. The van der Waals surface area contributed by atoms with Crippen molar-refractivity contribution in [3.05, 3.63) is 167 Å². The van der Waals surface area contributed by atoms with E-state index in [1.807, 2.05) is 36.5 Å². The molecule has 3 heterocycles. The molecule has 0 unspecified atom stereocenters. The molecule has 6 aromatic carbocycles. The third kappa shape index (κ3) is 8.25. The average molecular weight is 856 g/mol. The fourth-order valence-corrected chi connectivity index (χ4v) is 9.01. The zero-order chi connectivity index (χ0) is 46.2. The number of benzene rings is 6. The van der Waals surface area contributed by atoms with Gasteiger partial charge in [-0.15, -0.1) is 0 Å². The summed E-state index contributed by atoms with van der Waals surface area (Å²) in [6.45, 7) is 27.9. The molecule has 0 saturated carbocycles. The lowest BCUT2D eigenvalue weighted by Crippen LogP contribution is -2.25. The van der Waals surface area contributed by atoms with Crippen LogP contribution in [0.1, 0.15) is 111 Å². The van der Waals surface area contributed by atoms with Gasteiger partial charge < -0.3 is 14.5 Å². The molecular weight excluding hydrogens is 795 g/mol. The monoisotopic (exact) mass is 855 g/mol. The van der Waals surface area contributed by atoms with Crippen molar-refractivity contribution in [3.63, 3.8) is 0 Å². The molecule has 0 amide bonds. The van der Waals surface area contributed by atoms with E-state index in [-0.39, 0.29) is 21.7 Å². The molecule has 0 bridgehead atoms. The van der Waals surface area contributed by atoms with Crippen LogP contribution in [-0.4, -0.2) is 16.2 Å². The number of rotatable bonds is 6. The maximum atomic E-state index is 9.84. The van der Waals surface area contributed by atoms with Crippen molar-refractivity contribution in [1.29, 1.82) is 5.26 Å². The lowest BCUT2D eigenvalue weighted by molar-refractivity contribution is 0.483. The number of para-hydroxylation sites is 1. The fraction of sp³-hybridized carbons (Fsp3) is 0.288. The quantitative estimate of drug-likeness (QED) is 0.167. The smallest absolute Gasteiger partial charge is 0.137 e. The van der Waals surface area contributed by atoms with E-state index in [2.05, 4.69) is 207 Å². The molecule has 0 fully saturated rings. The second-order valence-corrected chi connectivity index (χ2v) is 21.9. The molecule has 6 nitrogen and oxygen atoms in total. The molecule has 0 aliphatic carbocycles. The molecule has 8 aromatic rings. The van der Waals surface area contributed by atoms with E-state index in [0.717, 1.165) is 44.7 Å². The molecule has 2 aromatic heterocycles. The standard InChI is InChI=1S/C59H61N5O/c1-56(2,3)40-22-20-39(21-23-40)48-17-14-18-52-55(48)63(45-31-42(58(7,8)9)30-43(32-45)59(10,11)12)37-62(52)44-15-13-16-46(34-44)65-47-24-25-49-50-29-38(36-60)19-26-51(50)64(53(49)35-47)54-33-41(27-28-61-54)57(4,5)6/h13-35H,37H2,1-12H3. The number of ether oxygens (including phenoxy) is 1. The SMILES string of the molecule is CC(C)(C)c1ccc(-c2cccc3c2N(c2cc(C(C)(C)C)cc(C(C)(C)C)c2)CN3c2cccc(Oc3ccc4c5cc(C#N)ccc5n(-c5cc(C(C)(C)C)ccn5)c4c3)c2)cc1. The predicted octanol–water partition coefficient (Wildman–Crippen LogP) is 15.9. The van der Waals surface area contributed by atoms with Crippen molar-refractivity contribution in [3.8, 4) is 34.5 Å². The maximum absolute atomic E-state index is 9.84. The first-order chi connectivity index (χ1) is 30.7. The normalized spacial score (nSPS) is 13.4. The van der Waals surface area contributed by atoms with Gasteiger partial charge in [-0.2, -0.15) is 5.26 Å². The van der Waals surface area contributed by atoms with Crippen LogP contribution in [0.15, 0.2) is 140 Å². The van der Waals surface area contributed by atoms with E-state index in [9.17, 15) is 5.26 Å². The summed E-state index contributed by atoms with van der Waals surface area (Å²) < 4.78 is 9.00. The lowest BCUT2D eigenvalue weighted by Gasteiger charge is -2.30. The number of fused-ring (bicyclic) bond motifs is 4. The number of nitrogens with zero attached hydrogens (tertiary/aromatic N) is 5. The first-order valence-electron chi connectivity index (χ1n) is 22.9. The Balaban J connectivity index is 1.14. The van der Waals surface area contributed by atoms with Gasteiger partial charge in [-0.3, -0.25) is 4.57 Å². The van der Waals surface area contributed by atoms with Gasteiger partial charge in [-0.05, 0) is 122 Å². The molecule has 1 aliphatic heterocycles. The molecule has 0 N–H and O–H groups in total. The van der Waals surface area contributed by atoms with Crippen LogP contribution < -0.4 is 14.5 Å². The van der Waals surface area contributed by atoms with E-state index < -0.39 is 0 Å².